The molecule has 2 aliphatic rings. The second-order valence-corrected chi connectivity index (χ2v) is 9.04. The maximum absolute atomic E-state index is 13.6. The van der Waals surface area contributed by atoms with Crippen LogP contribution in [0.5, 0.6) is 11.5 Å². The second-order valence-electron chi connectivity index (χ2n) is 8.64. The van der Waals surface area contributed by atoms with Gasteiger partial charge in [0.1, 0.15) is 11.5 Å². The van der Waals surface area contributed by atoms with Crippen LogP contribution in [0.15, 0.2) is 52.7 Å². The summed E-state index contributed by atoms with van der Waals surface area (Å²) in [5.74, 6) is -1.56. The van der Waals surface area contributed by atoms with Crippen LogP contribution in [0.3, 0.4) is 0 Å². The zero-order valence-corrected chi connectivity index (χ0v) is 20.6. The number of ether oxygens (including phenoxy) is 2. The van der Waals surface area contributed by atoms with Crippen molar-refractivity contribution in [1.82, 2.24) is 0 Å². The quantitative estimate of drug-likeness (QED) is 0.509. The third-order valence-electron chi connectivity index (χ3n) is 6.44. The summed E-state index contributed by atoms with van der Waals surface area (Å²) in [7, 11) is 2.98. The first-order valence-electron chi connectivity index (χ1n) is 11.3. The minimum atomic E-state index is -4.61. The third kappa shape index (κ3) is 4.84. The molecular weight excluding hydrogens is 497 g/mol. The number of anilines is 1. The molecule has 1 N–H and O–H groups in total. The van der Waals surface area contributed by atoms with E-state index in [0.717, 1.165) is 18.2 Å². The van der Waals surface area contributed by atoms with E-state index in [2.05, 4.69) is 10.3 Å². The summed E-state index contributed by atoms with van der Waals surface area (Å²) in [6.45, 7) is 1.67. The molecule has 1 aliphatic carbocycles. The van der Waals surface area contributed by atoms with Gasteiger partial charge in [0.15, 0.2) is 5.78 Å². The fourth-order valence-corrected chi connectivity index (χ4v) is 4.93. The number of carbonyl (C=O) groups excluding carboxylic acids is 2. The number of amides is 1. The number of hydrogen-bond acceptors (Lipinski definition) is 5. The summed E-state index contributed by atoms with van der Waals surface area (Å²) in [5, 5.41) is 2.49. The van der Waals surface area contributed by atoms with Gasteiger partial charge in [-0.3, -0.25) is 14.6 Å². The highest BCUT2D eigenvalue weighted by atomic mass is 35.5. The number of aliphatic imine (C=N–C) groups is 1. The molecule has 0 fully saturated rings. The lowest BCUT2D eigenvalue weighted by atomic mass is 9.71. The third-order valence-corrected chi connectivity index (χ3v) is 6.77. The minimum absolute atomic E-state index is 0.0472. The second kappa shape index (κ2) is 9.97. The average Bonchev–Trinajstić information content (AvgIpc) is 2.83. The van der Waals surface area contributed by atoms with Gasteiger partial charge in [0.05, 0.1) is 36.4 Å². The van der Waals surface area contributed by atoms with E-state index in [-0.39, 0.29) is 16.5 Å². The van der Waals surface area contributed by atoms with Gasteiger partial charge in [-0.15, -0.1) is 0 Å². The summed E-state index contributed by atoms with van der Waals surface area (Å²) < 4.78 is 50.7. The van der Waals surface area contributed by atoms with Crippen molar-refractivity contribution in [2.24, 2.45) is 10.9 Å². The summed E-state index contributed by atoms with van der Waals surface area (Å²) in [6.07, 6.45) is -3.06. The Kier molecular flexibility index (Phi) is 7.13. The van der Waals surface area contributed by atoms with Crippen LogP contribution < -0.4 is 14.8 Å². The van der Waals surface area contributed by atoms with E-state index in [4.69, 9.17) is 21.1 Å². The first-order chi connectivity index (χ1) is 17.0. The number of allylic oxidation sites excluding steroid dienone is 2. The van der Waals surface area contributed by atoms with Crippen LogP contribution in [0, 0.1) is 5.92 Å². The number of rotatable bonds is 5. The number of halogens is 4. The summed E-state index contributed by atoms with van der Waals surface area (Å²) in [6, 6.07) is 7.79. The molecule has 0 aromatic heterocycles. The maximum Gasteiger partial charge on any atom is 0.416 e. The van der Waals surface area contributed by atoms with Crippen LogP contribution in [0.1, 0.15) is 43.2 Å². The van der Waals surface area contributed by atoms with Crippen molar-refractivity contribution >= 4 is 34.7 Å². The Morgan fingerprint density at radius 1 is 1.11 bits per heavy atom. The van der Waals surface area contributed by atoms with Gasteiger partial charge in [-0.25, -0.2) is 0 Å². The molecule has 2 aromatic carbocycles. The normalized spacial score (nSPS) is 20.0. The van der Waals surface area contributed by atoms with Gasteiger partial charge in [0, 0.05) is 41.0 Å². The Balaban J connectivity index is 1.82. The molecule has 0 saturated carbocycles. The summed E-state index contributed by atoms with van der Waals surface area (Å²) in [5.41, 5.74) is 0.924. The molecule has 190 valence electrons. The Labute approximate surface area is 211 Å². The van der Waals surface area contributed by atoms with E-state index in [9.17, 15) is 22.8 Å². The smallest absolute Gasteiger partial charge is 0.416 e. The van der Waals surface area contributed by atoms with E-state index >= 15 is 0 Å². The molecule has 6 nitrogen and oxygen atoms in total. The number of methoxy groups -OCH3 is 2. The number of alkyl halides is 3. The zero-order chi connectivity index (χ0) is 26.2. The van der Waals surface area contributed by atoms with Crippen molar-refractivity contribution in [1.29, 1.82) is 0 Å². The predicted molar refractivity (Wildman–Crippen MR) is 130 cm³/mol. The van der Waals surface area contributed by atoms with E-state index in [1.54, 1.807) is 25.1 Å². The SMILES string of the molecule is COc1ccc([C@@H]2C3=C(CCCC3=O)N=C(C)C2C(=O)Nc2cc(C(F)(F)F)ccc2Cl)c(OC)c1. The van der Waals surface area contributed by atoms with E-state index in [1.165, 1.54) is 14.2 Å². The van der Waals surface area contributed by atoms with Crippen LogP contribution in [-0.2, 0) is 15.8 Å². The molecule has 1 aliphatic heterocycles. The van der Waals surface area contributed by atoms with Crippen molar-refractivity contribution in [2.75, 3.05) is 19.5 Å². The molecule has 1 unspecified atom stereocenters. The predicted octanol–water partition coefficient (Wildman–Crippen LogP) is 6.20. The first kappa shape index (κ1) is 25.8. The Morgan fingerprint density at radius 3 is 2.53 bits per heavy atom. The van der Waals surface area contributed by atoms with Crippen LogP contribution in [0.4, 0.5) is 18.9 Å². The summed E-state index contributed by atoms with van der Waals surface area (Å²) in [4.78, 5) is 31.3. The minimum Gasteiger partial charge on any atom is -0.497 e. The van der Waals surface area contributed by atoms with Gasteiger partial charge in [0.2, 0.25) is 5.91 Å². The number of nitrogens with one attached hydrogen (secondary N) is 1. The maximum atomic E-state index is 13.6. The fraction of sp³-hybridized carbons (Fsp3) is 0.346. The van der Waals surface area contributed by atoms with Crippen molar-refractivity contribution in [3.8, 4) is 11.5 Å². The van der Waals surface area contributed by atoms with Gasteiger partial charge in [0.25, 0.3) is 0 Å². The Bertz CT molecular complexity index is 1290. The fourth-order valence-electron chi connectivity index (χ4n) is 4.77. The lowest BCUT2D eigenvalue weighted by Gasteiger charge is -2.35. The number of benzene rings is 2. The van der Waals surface area contributed by atoms with Crippen LogP contribution in [0.2, 0.25) is 5.02 Å². The largest absolute Gasteiger partial charge is 0.497 e. The number of carbonyl (C=O) groups is 2. The molecule has 1 amide bonds. The molecule has 0 saturated heterocycles. The molecule has 0 radical (unpaired) electrons. The highest BCUT2D eigenvalue weighted by Crippen LogP contribution is 2.47. The lowest BCUT2D eigenvalue weighted by Crippen LogP contribution is -2.39. The Hall–Kier alpha value is -3.33. The lowest BCUT2D eigenvalue weighted by molar-refractivity contribution is -0.137. The molecule has 1 heterocycles. The van der Waals surface area contributed by atoms with Gasteiger partial charge >= 0.3 is 6.18 Å². The highest BCUT2D eigenvalue weighted by Gasteiger charge is 2.43. The molecule has 0 spiro atoms. The number of Topliss-reactive ketones (excluding diaryl/α,β-unsaturated/α-hetero) is 1. The summed E-state index contributed by atoms with van der Waals surface area (Å²) >= 11 is 6.12. The molecule has 2 aromatic rings. The van der Waals surface area contributed by atoms with Crippen molar-refractivity contribution in [2.45, 2.75) is 38.3 Å². The van der Waals surface area contributed by atoms with Crippen molar-refractivity contribution in [3.05, 3.63) is 63.8 Å². The molecule has 0 bridgehead atoms. The first-order valence-corrected chi connectivity index (χ1v) is 11.6. The molecule has 36 heavy (non-hydrogen) atoms. The van der Waals surface area contributed by atoms with Gasteiger partial charge in [-0.1, -0.05) is 17.7 Å². The number of nitrogens with zero attached hydrogens (tertiary/aromatic N) is 1. The van der Waals surface area contributed by atoms with E-state index < -0.39 is 29.5 Å². The topological polar surface area (TPSA) is 77.0 Å². The zero-order valence-electron chi connectivity index (χ0n) is 19.8. The van der Waals surface area contributed by atoms with E-state index in [0.29, 0.717) is 53.3 Å². The number of hydrogen-bond donors (Lipinski definition) is 1. The van der Waals surface area contributed by atoms with Crippen LogP contribution in [-0.4, -0.2) is 31.6 Å². The molecular formula is C26H24ClF3N2O4. The number of ketones is 1. The average molecular weight is 521 g/mol. The Morgan fingerprint density at radius 2 is 1.86 bits per heavy atom. The standard InChI is InChI=1S/C26H24ClF3N2O4/c1-13-22(25(34)32-19-11-14(26(28,29)30)7-10-17(19)27)23(24-18(31-13)5-4-6-20(24)33)16-9-8-15(35-2)12-21(16)36-3/h7-12,22-23H,4-6H2,1-3H3,(H,32,34)/t22?,23-/m0/s1. The van der Waals surface area contributed by atoms with Crippen molar-refractivity contribution < 1.29 is 32.2 Å². The molecule has 2 atom stereocenters. The molecule has 10 heteroatoms. The van der Waals surface area contributed by atoms with Crippen LogP contribution >= 0.6 is 11.6 Å². The van der Waals surface area contributed by atoms with Crippen LogP contribution in [0.25, 0.3) is 0 Å². The van der Waals surface area contributed by atoms with Gasteiger partial charge < -0.3 is 14.8 Å². The highest BCUT2D eigenvalue weighted by molar-refractivity contribution is 6.34. The van der Waals surface area contributed by atoms with E-state index in [1.807, 2.05) is 0 Å². The van der Waals surface area contributed by atoms with Gasteiger partial charge in [-0.05, 0) is 44.0 Å². The van der Waals surface area contributed by atoms with Gasteiger partial charge in [-0.2, -0.15) is 13.2 Å². The van der Waals surface area contributed by atoms with Crippen molar-refractivity contribution in [3.63, 3.8) is 0 Å². The molecule has 4 rings (SSSR count). The monoisotopic (exact) mass is 520 g/mol.